The van der Waals surface area contributed by atoms with E-state index in [9.17, 15) is 9.90 Å². The summed E-state index contributed by atoms with van der Waals surface area (Å²) in [7, 11) is 1.59. The first kappa shape index (κ1) is 8.69. The van der Waals surface area contributed by atoms with Gasteiger partial charge in [-0.15, -0.1) is 0 Å². The van der Waals surface area contributed by atoms with E-state index in [2.05, 4.69) is 6.72 Å². The molecule has 1 aromatic carbocycles. The van der Waals surface area contributed by atoms with E-state index in [1.165, 1.54) is 4.58 Å². The average Bonchev–Trinajstić information content (AvgIpc) is 2.41. The van der Waals surface area contributed by atoms with E-state index in [1.54, 1.807) is 31.3 Å². The fourth-order valence-corrected chi connectivity index (χ4v) is 1.58. The number of rotatable bonds is 1. The van der Waals surface area contributed by atoms with Gasteiger partial charge in [0.2, 0.25) is 5.70 Å². The molecule has 3 heteroatoms. The highest BCUT2D eigenvalue weighted by molar-refractivity contribution is 6.17. The SMILES string of the molecule is C=[N+](C)C1=C([O-])c2ccccc2C1=O. The van der Waals surface area contributed by atoms with E-state index in [4.69, 9.17) is 0 Å². The summed E-state index contributed by atoms with van der Waals surface area (Å²) in [6.07, 6.45) is 0. The summed E-state index contributed by atoms with van der Waals surface area (Å²) in [6.45, 7) is 3.56. The zero-order valence-electron chi connectivity index (χ0n) is 7.78. The third-order valence-corrected chi connectivity index (χ3v) is 2.23. The molecule has 1 aliphatic rings. The molecule has 0 atom stereocenters. The van der Waals surface area contributed by atoms with Crippen LogP contribution in [-0.2, 0) is 0 Å². The molecule has 70 valence electrons. The molecule has 0 bridgehead atoms. The largest absolute Gasteiger partial charge is 0.867 e. The third-order valence-electron chi connectivity index (χ3n) is 2.23. The topological polar surface area (TPSA) is 43.1 Å². The van der Waals surface area contributed by atoms with Crippen molar-refractivity contribution in [2.75, 3.05) is 7.05 Å². The van der Waals surface area contributed by atoms with Crippen LogP contribution < -0.4 is 5.11 Å². The molecule has 0 heterocycles. The van der Waals surface area contributed by atoms with Gasteiger partial charge in [0.15, 0.2) is 0 Å². The van der Waals surface area contributed by atoms with Gasteiger partial charge in [-0.2, -0.15) is 0 Å². The van der Waals surface area contributed by atoms with E-state index >= 15 is 0 Å². The Morgan fingerprint density at radius 1 is 1.29 bits per heavy atom. The maximum atomic E-state index is 11.7. The van der Waals surface area contributed by atoms with Gasteiger partial charge in [0.05, 0.1) is 0 Å². The lowest BCUT2D eigenvalue weighted by molar-refractivity contribution is -0.432. The van der Waals surface area contributed by atoms with Crippen molar-refractivity contribution in [3.63, 3.8) is 0 Å². The van der Waals surface area contributed by atoms with Crippen LogP contribution in [0.4, 0.5) is 0 Å². The summed E-state index contributed by atoms with van der Waals surface area (Å²) >= 11 is 0. The van der Waals surface area contributed by atoms with Crippen molar-refractivity contribution >= 4 is 18.3 Å². The molecule has 0 N–H and O–H groups in total. The van der Waals surface area contributed by atoms with Crippen LogP contribution in [0.5, 0.6) is 0 Å². The molecule has 0 unspecified atom stereocenters. The van der Waals surface area contributed by atoms with E-state index in [1.807, 2.05) is 0 Å². The minimum absolute atomic E-state index is 0.145. The third kappa shape index (κ3) is 0.988. The van der Waals surface area contributed by atoms with Crippen LogP contribution in [0.1, 0.15) is 15.9 Å². The predicted octanol–water partition coefficient (Wildman–Crippen LogP) is 0.255. The number of carbonyl (C=O) groups is 1. The van der Waals surface area contributed by atoms with Crippen molar-refractivity contribution in [1.82, 2.24) is 0 Å². The second-order valence-corrected chi connectivity index (χ2v) is 3.25. The zero-order valence-corrected chi connectivity index (χ0v) is 7.78. The summed E-state index contributed by atoms with van der Waals surface area (Å²) in [6, 6.07) is 6.81. The highest BCUT2D eigenvalue weighted by atomic mass is 16.3. The summed E-state index contributed by atoms with van der Waals surface area (Å²) in [5.74, 6) is -0.466. The fourth-order valence-electron chi connectivity index (χ4n) is 1.58. The molecule has 14 heavy (non-hydrogen) atoms. The summed E-state index contributed by atoms with van der Waals surface area (Å²) in [5, 5.41) is 11.7. The minimum atomic E-state index is -0.233. The number of ketones is 1. The lowest BCUT2D eigenvalue weighted by atomic mass is 10.1. The highest BCUT2D eigenvalue weighted by Gasteiger charge is 2.30. The van der Waals surface area contributed by atoms with Gasteiger partial charge in [-0.05, 0) is 11.3 Å². The number of fused-ring (bicyclic) bond motifs is 1. The molecule has 1 aromatic rings. The van der Waals surface area contributed by atoms with Crippen LogP contribution in [0.2, 0.25) is 0 Å². The lowest BCUT2D eigenvalue weighted by Crippen LogP contribution is -2.13. The molecule has 0 spiro atoms. The van der Waals surface area contributed by atoms with Gasteiger partial charge in [-0.25, -0.2) is 4.58 Å². The van der Waals surface area contributed by atoms with Crippen LogP contribution in [0.15, 0.2) is 30.0 Å². The first-order valence-electron chi connectivity index (χ1n) is 4.22. The Labute approximate surface area is 81.6 Å². The Balaban J connectivity index is 2.69. The lowest BCUT2D eigenvalue weighted by Gasteiger charge is -2.06. The Morgan fingerprint density at radius 2 is 1.86 bits per heavy atom. The van der Waals surface area contributed by atoms with Crippen LogP contribution in [0, 0.1) is 0 Å². The van der Waals surface area contributed by atoms with Crippen molar-refractivity contribution in [3.8, 4) is 0 Å². The maximum Gasteiger partial charge on any atom is 0.256 e. The predicted molar refractivity (Wildman–Crippen MR) is 51.0 cm³/mol. The van der Waals surface area contributed by atoms with Gasteiger partial charge in [0.25, 0.3) is 5.78 Å². The monoisotopic (exact) mass is 187 g/mol. The molecule has 3 nitrogen and oxygen atoms in total. The Kier molecular flexibility index (Phi) is 1.74. The molecular weight excluding hydrogens is 178 g/mol. The number of likely N-dealkylation sites (N-methyl/N-ethyl adjacent to an activating group) is 1. The smallest absolute Gasteiger partial charge is 0.256 e. The molecule has 0 saturated heterocycles. The molecule has 0 aromatic heterocycles. The molecule has 2 rings (SSSR count). The van der Waals surface area contributed by atoms with Gasteiger partial charge in [0.1, 0.15) is 13.8 Å². The minimum Gasteiger partial charge on any atom is -0.867 e. The van der Waals surface area contributed by atoms with Crippen molar-refractivity contribution in [3.05, 3.63) is 41.1 Å². The number of Topliss-reactive ketones (excluding diaryl/α,β-unsaturated/α-hetero) is 1. The normalized spacial score (nSPS) is 14.5. The van der Waals surface area contributed by atoms with Gasteiger partial charge in [0, 0.05) is 5.56 Å². The molecular formula is C11H9NO2. The first-order valence-corrected chi connectivity index (χ1v) is 4.22. The average molecular weight is 187 g/mol. The van der Waals surface area contributed by atoms with E-state index in [-0.39, 0.29) is 17.2 Å². The van der Waals surface area contributed by atoms with Crippen LogP contribution >= 0.6 is 0 Å². The molecule has 0 saturated carbocycles. The van der Waals surface area contributed by atoms with Crippen molar-refractivity contribution in [2.45, 2.75) is 0 Å². The van der Waals surface area contributed by atoms with E-state index in [0.29, 0.717) is 11.1 Å². The molecule has 1 aliphatic carbocycles. The second-order valence-electron chi connectivity index (χ2n) is 3.25. The molecule has 0 aliphatic heterocycles. The molecule has 0 fully saturated rings. The number of hydrogen-bond acceptors (Lipinski definition) is 2. The van der Waals surface area contributed by atoms with Crippen molar-refractivity contribution in [1.29, 1.82) is 0 Å². The van der Waals surface area contributed by atoms with Crippen LogP contribution in [0.25, 0.3) is 5.76 Å². The second kappa shape index (κ2) is 2.80. The summed E-state index contributed by atoms with van der Waals surface area (Å²) < 4.78 is 1.32. The van der Waals surface area contributed by atoms with Crippen molar-refractivity contribution < 1.29 is 14.5 Å². The van der Waals surface area contributed by atoms with Gasteiger partial charge >= 0.3 is 0 Å². The van der Waals surface area contributed by atoms with Gasteiger partial charge < -0.3 is 5.11 Å². The number of nitrogens with zero attached hydrogens (tertiary/aromatic N) is 1. The van der Waals surface area contributed by atoms with E-state index < -0.39 is 0 Å². The maximum absolute atomic E-state index is 11.7. The number of allylic oxidation sites excluding steroid dienone is 1. The summed E-state index contributed by atoms with van der Waals surface area (Å²) in [4.78, 5) is 11.7. The first-order chi connectivity index (χ1) is 6.63. The standard InChI is InChI=1S/C11H9NO2/c1-12(2)9-10(13)7-5-3-4-6-8(7)11(9)14/h3-6H,1H2,2H3. The number of benzene rings is 1. The van der Waals surface area contributed by atoms with E-state index in [0.717, 1.165) is 0 Å². The Hall–Kier alpha value is -1.90. The number of carbonyl (C=O) groups excluding carboxylic acids is 1. The fraction of sp³-hybridized carbons (Fsp3) is 0.0909. The van der Waals surface area contributed by atoms with Gasteiger partial charge in [-0.3, -0.25) is 4.79 Å². The highest BCUT2D eigenvalue weighted by Crippen LogP contribution is 2.28. The molecule has 0 amide bonds. The zero-order chi connectivity index (χ0) is 10.3. The quantitative estimate of drug-likeness (QED) is 0.467. The Bertz CT molecular complexity index is 472. The van der Waals surface area contributed by atoms with Crippen molar-refractivity contribution in [2.24, 2.45) is 0 Å². The van der Waals surface area contributed by atoms with Gasteiger partial charge in [-0.1, -0.05) is 24.3 Å². The molecule has 0 radical (unpaired) electrons. The summed E-state index contributed by atoms with van der Waals surface area (Å²) in [5.41, 5.74) is 1.09. The van der Waals surface area contributed by atoms with Crippen LogP contribution in [0.3, 0.4) is 0 Å². The van der Waals surface area contributed by atoms with Crippen LogP contribution in [-0.4, -0.2) is 24.1 Å². The Morgan fingerprint density at radius 3 is 2.36 bits per heavy atom. The number of hydrogen-bond donors (Lipinski definition) is 0.